The number of likely N-dealkylation sites (tertiary alicyclic amines) is 1. The predicted octanol–water partition coefficient (Wildman–Crippen LogP) is 3.45. The van der Waals surface area contributed by atoms with E-state index in [0.29, 0.717) is 6.04 Å². The molecule has 4 nitrogen and oxygen atoms in total. The van der Waals surface area contributed by atoms with Crippen LogP contribution in [-0.4, -0.2) is 35.8 Å². The number of anilines is 1. The number of piperidine rings is 1. The Kier molecular flexibility index (Phi) is 5.80. The van der Waals surface area contributed by atoms with Crippen LogP contribution in [0.1, 0.15) is 50.7 Å². The molecule has 1 aromatic rings. The van der Waals surface area contributed by atoms with E-state index in [9.17, 15) is 9.59 Å². The van der Waals surface area contributed by atoms with Gasteiger partial charge in [0, 0.05) is 19.5 Å². The summed E-state index contributed by atoms with van der Waals surface area (Å²) in [5.74, 6) is -0.0183. The second-order valence-electron chi connectivity index (χ2n) is 6.49. The molecular formula is C19H28N2O2. The van der Waals surface area contributed by atoms with Gasteiger partial charge in [-0.05, 0) is 50.7 Å². The van der Waals surface area contributed by atoms with Crippen LogP contribution >= 0.6 is 0 Å². The van der Waals surface area contributed by atoms with Crippen molar-refractivity contribution in [1.29, 1.82) is 0 Å². The maximum Gasteiger partial charge on any atom is 0.242 e. The molecule has 4 heteroatoms. The fourth-order valence-electron chi connectivity index (χ4n) is 3.56. The minimum atomic E-state index is -0.0826. The second-order valence-corrected chi connectivity index (χ2v) is 6.49. The van der Waals surface area contributed by atoms with Crippen molar-refractivity contribution < 1.29 is 9.59 Å². The highest BCUT2D eigenvalue weighted by Crippen LogP contribution is 2.26. The third kappa shape index (κ3) is 3.92. The fraction of sp³-hybridized carbons (Fsp3) is 0.579. The van der Waals surface area contributed by atoms with Crippen LogP contribution < -0.4 is 4.90 Å². The molecule has 0 saturated carbocycles. The molecule has 1 atom stereocenters. The topological polar surface area (TPSA) is 40.6 Å². The van der Waals surface area contributed by atoms with Crippen LogP contribution in [-0.2, 0) is 9.59 Å². The van der Waals surface area contributed by atoms with Crippen LogP contribution in [0.2, 0.25) is 0 Å². The Labute approximate surface area is 139 Å². The summed E-state index contributed by atoms with van der Waals surface area (Å²) < 4.78 is 0. The quantitative estimate of drug-likeness (QED) is 0.853. The molecule has 1 unspecified atom stereocenters. The Balaban J connectivity index is 2.23. The standard InChI is InChI=1S/C19H28N2O2/c1-5-17-11-6-7-12-20(17)18(23)13-21(16(4)22)19-14(2)9-8-10-15(19)3/h8-10,17H,5-7,11-13H2,1-4H3. The lowest BCUT2D eigenvalue weighted by Gasteiger charge is -2.37. The number of carbonyl (C=O) groups is 2. The van der Waals surface area contributed by atoms with E-state index in [2.05, 4.69) is 6.92 Å². The van der Waals surface area contributed by atoms with E-state index in [1.54, 1.807) is 4.90 Å². The fourth-order valence-corrected chi connectivity index (χ4v) is 3.56. The highest BCUT2D eigenvalue weighted by molar-refractivity contribution is 5.98. The number of nitrogens with zero attached hydrogens (tertiary/aromatic N) is 2. The molecule has 1 fully saturated rings. The number of para-hydroxylation sites is 1. The minimum Gasteiger partial charge on any atom is -0.338 e. The summed E-state index contributed by atoms with van der Waals surface area (Å²) in [7, 11) is 0. The Morgan fingerprint density at radius 2 is 1.87 bits per heavy atom. The van der Waals surface area contributed by atoms with Crippen molar-refractivity contribution in [2.24, 2.45) is 0 Å². The Hall–Kier alpha value is -1.84. The summed E-state index contributed by atoms with van der Waals surface area (Å²) in [4.78, 5) is 28.6. The zero-order chi connectivity index (χ0) is 17.0. The van der Waals surface area contributed by atoms with Crippen molar-refractivity contribution in [3.63, 3.8) is 0 Å². The van der Waals surface area contributed by atoms with Gasteiger partial charge in [-0.2, -0.15) is 0 Å². The highest BCUT2D eigenvalue weighted by Gasteiger charge is 2.28. The van der Waals surface area contributed by atoms with Crippen molar-refractivity contribution in [1.82, 2.24) is 4.90 Å². The molecule has 1 saturated heterocycles. The van der Waals surface area contributed by atoms with Gasteiger partial charge in [0.15, 0.2) is 0 Å². The predicted molar refractivity (Wildman–Crippen MR) is 93.6 cm³/mol. The summed E-state index contributed by atoms with van der Waals surface area (Å²) in [6.07, 6.45) is 4.31. The average Bonchev–Trinajstić information content (AvgIpc) is 2.53. The molecule has 1 aliphatic rings. The molecule has 2 rings (SSSR count). The first kappa shape index (κ1) is 17.5. The molecule has 0 bridgehead atoms. The van der Waals surface area contributed by atoms with Crippen molar-refractivity contribution >= 4 is 17.5 Å². The van der Waals surface area contributed by atoms with Gasteiger partial charge in [-0.3, -0.25) is 9.59 Å². The van der Waals surface area contributed by atoms with Crippen LogP contribution in [0, 0.1) is 13.8 Å². The van der Waals surface area contributed by atoms with E-state index in [0.717, 1.165) is 42.6 Å². The van der Waals surface area contributed by atoms with Crippen molar-refractivity contribution in [3.8, 4) is 0 Å². The number of aryl methyl sites for hydroxylation is 2. The van der Waals surface area contributed by atoms with Gasteiger partial charge in [0.2, 0.25) is 11.8 Å². The van der Waals surface area contributed by atoms with E-state index in [1.807, 2.05) is 36.9 Å². The molecular weight excluding hydrogens is 288 g/mol. The number of rotatable bonds is 4. The molecule has 126 valence electrons. The van der Waals surface area contributed by atoms with Crippen LogP contribution in [0.15, 0.2) is 18.2 Å². The minimum absolute atomic E-state index is 0.0643. The Bertz CT molecular complexity index is 562. The van der Waals surface area contributed by atoms with E-state index in [4.69, 9.17) is 0 Å². The molecule has 23 heavy (non-hydrogen) atoms. The van der Waals surface area contributed by atoms with Gasteiger partial charge in [-0.1, -0.05) is 25.1 Å². The summed E-state index contributed by atoms with van der Waals surface area (Å²) in [5, 5.41) is 0. The van der Waals surface area contributed by atoms with Gasteiger partial charge in [0.25, 0.3) is 0 Å². The number of amides is 2. The molecule has 0 aromatic heterocycles. The third-order valence-electron chi connectivity index (χ3n) is 4.80. The van der Waals surface area contributed by atoms with Gasteiger partial charge in [0.05, 0.1) is 5.69 Å². The Morgan fingerprint density at radius 1 is 1.22 bits per heavy atom. The zero-order valence-electron chi connectivity index (χ0n) is 14.8. The summed E-state index contributed by atoms with van der Waals surface area (Å²) in [6.45, 7) is 8.58. The molecule has 0 N–H and O–H groups in total. The smallest absolute Gasteiger partial charge is 0.242 e. The molecule has 1 aromatic carbocycles. The highest BCUT2D eigenvalue weighted by atomic mass is 16.2. The van der Waals surface area contributed by atoms with Crippen LogP contribution in [0.25, 0.3) is 0 Å². The van der Waals surface area contributed by atoms with E-state index < -0.39 is 0 Å². The lowest BCUT2D eigenvalue weighted by atomic mass is 10.00. The number of carbonyl (C=O) groups excluding carboxylic acids is 2. The SMILES string of the molecule is CCC1CCCCN1C(=O)CN(C(C)=O)c1c(C)cccc1C. The van der Waals surface area contributed by atoms with Crippen molar-refractivity contribution in [2.45, 2.75) is 59.4 Å². The lowest BCUT2D eigenvalue weighted by Crippen LogP contribution is -2.49. The summed E-state index contributed by atoms with van der Waals surface area (Å²) in [5.41, 5.74) is 2.93. The molecule has 2 amide bonds. The zero-order valence-corrected chi connectivity index (χ0v) is 14.8. The summed E-state index contributed by atoms with van der Waals surface area (Å²) >= 11 is 0. The summed E-state index contributed by atoms with van der Waals surface area (Å²) in [6, 6.07) is 6.27. The first-order valence-corrected chi connectivity index (χ1v) is 8.59. The van der Waals surface area contributed by atoms with Crippen LogP contribution in [0.3, 0.4) is 0 Å². The normalized spacial score (nSPS) is 17.9. The van der Waals surface area contributed by atoms with Gasteiger partial charge >= 0.3 is 0 Å². The first-order valence-electron chi connectivity index (χ1n) is 8.59. The third-order valence-corrected chi connectivity index (χ3v) is 4.80. The van der Waals surface area contributed by atoms with Gasteiger partial charge in [-0.25, -0.2) is 0 Å². The first-order chi connectivity index (χ1) is 11.0. The monoisotopic (exact) mass is 316 g/mol. The lowest BCUT2D eigenvalue weighted by molar-refractivity contribution is -0.134. The van der Waals surface area contributed by atoms with Crippen molar-refractivity contribution in [3.05, 3.63) is 29.3 Å². The molecule has 1 aliphatic heterocycles. The number of hydrogen-bond acceptors (Lipinski definition) is 2. The largest absolute Gasteiger partial charge is 0.338 e. The average molecular weight is 316 g/mol. The maximum atomic E-state index is 12.8. The van der Waals surface area contributed by atoms with E-state index in [1.165, 1.54) is 13.3 Å². The molecule has 0 aliphatic carbocycles. The number of hydrogen-bond donors (Lipinski definition) is 0. The van der Waals surface area contributed by atoms with Gasteiger partial charge in [-0.15, -0.1) is 0 Å². The molecule has 0 spiro atoms. The van der Waals surface area contributed by atoms with E-state index >= 15 is 0 Å². The number of benzene rings is 1. The van der Waals surface area contributed by atoms with Crippen LogP contribution in [0.4, 0.5) is 5.69 Å². The second kappa shape index (κ2) is 7.62. The van der Waals surface area contributed by atoms with Crippen LogP contribution in [0.5, 0.6) is 0 Å². The van der Waals surface area contributed by atoms with Gasteiger partial charge in [0.1, 0.15) is 6.54 Å². The maximum absolute atomic E-state index is 12.8. The molecule has 1 heterocycles. The van der Waals surface area contributed by atoms with Crippen molar-refractivity contribution in [2.75, 3.05) is 18.0 Å². The van der Waals surface area contributed by atoms with E-state index in [-0.39, 0.29) is 18.4 Å². The Morgan fingerprint density at radius 3 is 2.43 bits per heavy atom. The van der Waals surface area contributed by atoms with Gasteiger partial charge < -0.3 is 9.80 Å². The molecule has 0 radical (unpaired) electrons.